The summed E-state index contributed by atoms with van der Waals surface area (Å²) >= 11 is 0. The molecule has 0 radical (unpaired) electrons. The molecule has 2 rings (SSSR count). The first-order valence-electron chi connectivity index (χ1n) is 10.3. The number of hydrogen-bond donors (Lipinski definition) is 2. The Morgan fingerprint density at radius 2 is 1.33 bits per heavy atom. The highest BCUT2D eigenvalue weighted by Crippen LogP contribution is 2.31. The molecule has 2 N–H and O–H groups in total. The first-order chi connectivity index (χ1) is 14.1. The Balaban J connectivity index is 1.84. The fourth-order valence-electron chi connectivity index (χ4n) is 3.72. The van der Waals surface area contributed by atoms with E-state index in [4.69, 9.17) is 14.2 Å². The van der Waals surface area contributed by atoms with Crippen LogP contribution in [0.2, 0.25) is 0 Å². The topological polar surface area (TPSA) is 119 Å². The number of aliphatic hydroxyl groups is 2. The highest BCUT2D eigenvalue weighted by Gasteiger charge is 2.37. The van der Waals surface area contributed by atoms with Gasteiger partial charge in [-0.25, -0.2) is 9.59 Å². The molecular formula is C22H32O8. The van der Waals surface area contributed by atoms with E-state index in [1.165, 1.54) is 6.92 Å². The second-order valence-corrected chi connectivity index (χ2v) is 8.40. The molecule has 2 aliphatic carbocycles. The van der Waals surface area contributed by atoms with Crippen LogP contribution in [0.4, 0.5) is 0 Å². The van der Waals surface area contributed by atoms with Gasteiger partial charge in [-0.2, -0.15) is 0 Å². The third kappa shape index (κ3) is 6.67. The second kappa shape index (κ2) is 10.7. The summed E-state index contributed by atoms with van der Waals surface area (Å²) in [5.74, 6) is -2.05. The molecule has 0 aromatic rings. The summed E-state index contributed by atoms with van der Waals surface area (Å²) in [4.78, 5) is 36.0. The maximum absolute atomic E-state index is 12.5. The van der Waals surface area contributed by atoms with Crippen molar-refractivity contribution >= 4 is 17.9 Å². The smallest absolute Gasteiger partial charge is 0.333 e. The Morgan fingerprint density at radius 3 is 1.87 bits per heavy atom. The van der Waals surface area contributed by atoms with Crippen molar-refractivity contribution in [3.8, 4) is 0 Å². The number of ether oxygens (including phenoxy) is 3. The summed E-state index contributed by atoms with van der Waals surface area (Å²) in [7, 11) is 0. The van der Waals surface area contributed by atoms with E-state index in [2.05, 4.69) is 13.2 Å². The van der Waals surface area contributed by atoms with Gasteiger partial charge in [-0.15, -0.1) is 0 Å². The van der Waals surface area contributed by atoms with E-state index in [9.17, 15) is 24.6 Å². The quantitative estimate of drug-likeness (QED) is 0.361. The third-order valence-electron chi connectivity index (χ3n) is 5.63. The molecule has 2 saturated carbocycles. The summed E-state index contributed by atoms with van der Waals surface area (Å²) in [6.07, 6.45) is -0.505. The molecule has 168 valence electrons. The van der Waals surface area contributed by atoms with Crippen molar-refractivity contribution in [1.29, 1.82) is 0 Å². The molecule has 0 heterocycles. The summed E-state index contributed by atoms with van der Waals surface area (Å²) in [6.45, 7) is 10.3. The lowest BCUT2D eigenvalue weighted by atomic mass is 9.84. The zero-order chi connectivity index (χ0) is 22.4. The largest absolute Gasteiger partial charge is 0.465 e. The molecule has 2 aliphatic rings. The SMILES string of the molecule is C=C(C)C(=O)OC1CC(COC(=O)C2CCC(O)C(OC(=O)C(=C)C)C2)CCC1O. The minimum absolute atomic E-state index is 0.0357. The van der Waals surface area contributed by atoms with Crippen molar-refractivity contribution in [2.24, 2.45) is 11.8 Å². The molecule has 6 atom stereocenters. The predicted octanol–water partition coefficient (Wildman–Crippen LogP) is 1.83. The van der Waals surface area contributed by atoms with Crippen LogP contribution in [0.1, 0.15) is 52.4 Å². The third-order valence-corrected chi connectivity index (χ3v) is 5.63. The lowest BCUT2D eigenvalue weighted by molar-refractivity contribution is -0.165. The minimum Gasteiger partial charge on any atom is -0.465 e. The van der Waals surface area contributed by atoms with Gasteiger partial charge in [0.1, 0.15) is 12.2 Å². The fourth-order valence-corrected chi connectivity index (χ4v) is 3.72. The van der Waals surface area contributed by atoms with Crippen LogP contribution >= 0.6 is 0 Å². The lowest BCUT2D eigenvalue weighted by Crippen LogP contribution is -2.41. The molecule has 0 spiro atoms. The van der Waals surface area contributed by atoms with Crippen LogP contribution in [-0.4, -0.2) is 59.1 Å². The molecule has 8 heteroatoms. The van der Waals surface area contributed by atoms with Crippen molar-refractivity contribution < 1.29 is 38.8 Å². The number of rotatable bonds is 7. The number of carbonyl (C=O) groups excluding carboxylic acids is 3. The number of esters is 3. The fraction of sp³-hybridized carbons (Fsp3) is 0.682. The Morgan fingerprint density at radius 1 is 0.833 bits per heavy atom. The highest BCUT2D eigenvalue weighted by molar-refractivity contribution is 5.87. The van der Waals surface area contributed by atoms with Crippen LogP contribution in [-0.2, 0) is 28.6 Å². The summed E-state index contributed by atoms with van der Waals surface area (Å²) in [5.41, 5.74) is 0.491. The van der Waals surface area contributed by atoms with E-state index in [0.29, 0.717) is 32.1 Å². The van der Waals surface area contributed by atoms with E-state index in [-0.39, 0.29) is 30.1 Å². The average molecular weight is 424 g/mol. The zero-order valence-electron chi connectivity index (χ0n) is 17.7. The lowest BCUT2D eigenvalue weighted by Gasteiger charge is -2.34. The van der Waals surface area contributed by atoms with E-state index >= 15 is 0 Å². The molecule has 2 fully saturated rings. The molecule has 30 heavy (non-hydrogen) atoms. The van der Waals surface area contributed by atoms with Crippen LogP contribution in [0.5, 0.6) is 0 Å². The molecule has 0 saturated heterocycles. The van der Waals surface area contributed by atoms with Gasteiger partial charge in [0, 0.05) is 17.6 Å². The zero-order valence-corrected chi connectivity index (χ0v) is 17.7. The van der Waals surface area contributed by atoms with Gasteiger partial charge in [-0.1, -0.05) is 13.2 Å². The van der Waals surface area contributed by atoms with E-state index in [1.54, 1.807) is 6.92 Å². The molecule has 0 aliphatic heterocycles. The average Bonchev–Trinajstić information content (AvgIpc) is 2.69. The highest BCUT2D eigenvalue weighted by atomic mass is 16.6. The van der Waals surface area contributed by atoms with E-state index in [1.807, 2.05) is 0 Å². The van der Waals surface area contributed by atoms with Crippen LogP contribution in [0.3, 0.4) is 0 Å². The standard InChI is InChI=1S/C22H32O8/c1-12(2)20(25)29-18-9-14(5-7-16(18)23)11-28-22(27)15-6-8-17(24)19(10-15)30-21(26)13(3)4/h14-19,23-24H,1,3,5-11H2,2,4H3. The van der Waals surface area contributed by atoms with Gasteiger partial charge >= 0.3 is 17.9 Å². The predicted molar refractivity (Wildman–Crippen MR) is 107 cm³/mol. The molecule has 8 nitrogen and oxygen atoms in total. The van der Waals surface area contributed by atoms with Gasteiger partial charge < -0.3 is 24.4 Å². The van der Waals surface area contributed by atoms with Gasteiger partial charge in [0.25, 0.3) is 0 Å². The Kier molecular flexibility index (Phi) is 8.61. The van der Waals surface area contributed by atoms with Crippen LogP contribution in [0.25, 0.3) is 0 Å². The van der Waals surface area contributed by atoms with Gasteiger partial charge in [-0.05, 0) is 51.9 Å². The van der Waals surface area contributed by atoms with Gasteiger partial charge in [0.2, 0.25) is 0 Å². The molecule has 0 amide bonds. The molecule has 0 aromatic heterocycles. The monoisotopic (exact) mass is 424 g/mol. The Bertz CT molecular complexity index is 685. The molecule has 0 bridgehead atoms. The van der Waals surface area contributed by atoms with Gasteiger partial charge in [0.05, 0.1) is 24.7 Å². The van der Waals surface area contributed by atoms with Crippen molar-refractivity contribution in [3.63, 3.8) is 0 Å². The van der Waals surface area contributed by atoms with Crippen molar-refractivity contribution in [3.05, 3.63) is 24.3 Å². The number of carbonyl (C=O) groups is 3. The normalized spacial score (nSPS) is 31.3. The number of hydrogen-bond acceptors (Lipinski definition) is 8. The first kappa shape index (κ1) is 24.1. The maximum Gasteiger partial charge on any atom is 0.333 e. The molecule has 0 aromatic carbocycles. The number of aliphatic hydroxyl groups excluding tert-OH is 2. The van der Waals surface area contributed by atoms with Crippen molar-refractivity contribution in [1.82, 2.24) is 0 Å². The first-order valence-corrected chi connectivity index (χ1v) is 10.3. The Labute approximate surface area is 176 Å². The summed E-state index contributed by atoms with van der Waals surface area (Å²) < 4.78 is 16.0. The maximum atomic E-state index is 12.5. The minimum atomic E-state index is -0.819. The van der Waals surface area contributed by atoms with Gasteiger partial charge in [0.15, 0.2) is 0 Å². The van der Waals surface area contributed by atoms with Crippen LogP contribution in [0.15, 0.2) is 24.3 Å². The van der Waals surface area contributed by atoms with Crippen LogP contribution < -0.4 is 0 Å². The summed E-state index contributed by atoms with van der Waals surface area (Å²) in [5, 5.41) is 20.1. The van der Waals surface area contributed by atoms with Gasteiger partial charge in [-0.3, -0.25) is 4.79 Å². The molecular weight excluding hydrogens is 392 g/mol. The van der Waals surface area contributed by atoms with Crippen LogP contribution in [0, 0.1) is 11.8 Å². The Hall–Kier alpha value is -2.19. The van der Waals surface area contributed by atoms with E-state index in [0.717, 1.165) is 0 Å². The van der Waals surface area contributed by atoms with Crippen molar-refractivity contribution in [2.75, 3.05) is 6.61 Å². The summed E-state index contributed by atoms with van der Waals surface area (Å²) in [6, 6.07) is 0. The second-order valence-electron chi connectivity index (χ2n) is 8.40. The van der Waals surface area contributed by atoms with Crippen molar-refractivity contribution in [2.45, 2.75) is 76.8 Å². The van der Waals surface area contributed by atoms with E-state index < -0.39 is 48.2 Å². The molecule has 6 unspecified atom stereocenters.